The molecule has 0 amide bonds. The van der Waals surface area contributed by atoms with E-state index in [1.807, 2.05) is 6.92 Å². The first-order chi connectivity index (χ1) is 6.58. The summed E-state index contributed by atoms with van der Waals surface area (Å²) in [6, 6.07) is 0. The topological polar surface area (TPSA) is 29.5 Å². The molecule has 82 valence electrons. The minimum Gasteiger partial charge on any atom is -0.495 e. The molecule has 0 aromatic rings. The van der Waals surface area contributed by atoms with Gasteiger partial charge in [-0.15, -0.1) is 0 Å². The molecule has 0 aromatic carbocycles. The molecule has 14 heavy (non-hydrogen) atoms. The van der Waals surface area contributed by atoms with Crippen LogP contribution in [-0.4, -0.2) is 17.3 Å². The molecule has 0 radical (unpaired) electrons. The fraction of sp³-hybridized carbons (Fsp3) is 0.833. The number of hydrogen-bond acceptors (Lipinski definition) is 2. The van der Waals surface area contributed by atoms with Crippen LogP contribution >= 0.6 is 0 Å². The van der Waals surface area contributed by atoms with Gasteiger partial charge in [0, 0.05) is 12.8 Å². The number of allylic oxidation sites excluding steroid dienone is 2. The van der Waals surface area contributed by atoms with Crippen LogP contribution in [0.4, 0.5) is 0 Å². The van der Waals surface area contributed by atoms with E-state index in [9.17, 15) is 5.11 Å². The van der Waals surface area contributed by atoms with Crippen molar-refractivity contribution in [1.29, 1.82) is 0 Å². The number of rotatable bonds is 4. The molecule has 0 unspecified atom stereocenters. The second-order valence-corrected chi connectivity index (χ2v) is 4.56. The van der Waals surface area contributed by atoms with Crippen LogP contribution in [0.1, 0.15) is 46.5 Å². The molecule has 3 atom stereocenters. The Balaban J connectivity index is 2.30. The summed E-state index contributed by atoms with van der Waals surface area (Å²) in [6.07, 6.45) is 6.21. The van der Waals surface area contributed by atoms with Crippen LogP contribution in [0.25, 0.3) is 0 Å². The fourth-order valence-electron chi connectivity index (χ4n) is 1.84. The van der Waals surface area contributed by atoms with Gasteiger partial charge in [0.2, 0.25) is 0 Å². The van der Waals surface area contributed by atoms with E-state index in [1.54, 1.807) is 6.92 Å². The largest absolute Gasteiger partial charge is 0.495 e. The summed E-state index contributed by atoms with van der Waals surface area (Å²) in [5.74, 6) is 1.92. The Morgan fingerprint density at radius 2 is 2.29 bits per heavy atom. The Bertz CT molecular complexity index is 196. The Labute approximate surface area is 87.0 Å². The van der Waals surface area contributed by atoms with Gasteiger partial charge in [0.15, 0.2) is 0 Å². The number of hydrogen-bond donors (Lipinski definition) is 1. The smallest absolute Gasteiger partial charge is 0.0978 e. The minimum absolute atomic E-state index is 0.134. The highest BCUT2D eigenvalue weighted by molar-refractivity contribution is 4.99. The Kier molecular flexibility index (Phi) is 4.46. The van der Waals surface area contributed by atoms with Crippen molar-refractivity contribution in [1.82, 2.24) is 0 Å². The second-order valence-electron chi connectivity index (χ2n) is 4.56. The lowest BCUT2D eigenvalue weighted by Gasteiger charge is -2.23. The van der Waals surface area contributed by atoms with Gasteiger partial charge in [-0.1, -0.05) is 6.92 Å². The zero-order valence-electron chi connectivity index (χ0n) is 9.49. The Hall–Kier alpha value is -0.500. The summed E-state index contributed by atoms with van der Waals surface area (Å²) < 4.78 is 5.75. The van der Waals surface area contributed by atoms with Gasteiger partial charge in [0.05, 0.1) is 18.0 Å². The predicted octanol–water partition coefficient (Wildman–Crippen LogP) is 2.87. The molecule has 2 heteroatoms. The minimum atomic E-state index is -0.270. The standard InChI is InChI=1S/C12H22O2/c1-9-4-6-12(7-5-9)14-11(3)8-10(2)13/h6,9-11,13H,4-5,7-8H2,1-3H3/t9-,10+,11+/m0/s1. The third kappa shape index (κ3) is 4.14. The number of aliphatic hydroxyl groups is 1. The molecule has 1 aliphatic rings. The van der Waals surface area contributed by atoms with Gasteiger partial charge < -0.3 is 9.84 Å². The van der Waals surface area contributed by atoms with Gasteiger partial charge in [-0.3, -0.25) is 0 Å². The molecule has 0 spiro atoms. The zero-order valence-corrected chi connectivity index (χ0v) is 9.49. The van der Waals surface area contributed by atoms with Gasteiger partial charge in [0.25, 0.3) is 0 Å². The van der Waals surface area contributed by atoms with Crippen LogP contribution in [0.5, 0.6) is 0 Å². The maximum absolute atomic E-state index is 9.19. The third-order valence-corrected chi connectivity index (χ3v) is 2.66. The quantitative estimate of drug-likeness (QED) is 0.752. The van der Waals surface area contributed by atoms with Crippen LogP contribution in [0.2, 0.25) is 0 Å². The lowest BCUT2D eigenvalue weighted by molar-refractivity contribution is 0.0644. The van der Waals surface area contributed by atoms with Crippen molar-refractivity contribution in [2.75, 3.05) is 0 Å². The summed E-state index contributed by atoms with van der Waals surface area (Å²) in [5, 5.41) is 9.19. The van der Waals surface area contributed by atoms with Crippen LogP contribution in [0.3, 0.4) is 0 Å². The molecule has 0 fully saturated rings. The molecule has 0 aromatic heterocycles. The van der Waals surface area contributed by atoms with Crippen molar-refractivity contribution in [3.05, 3.63) is 11.8 Å². The highest BCUT2D eigenvalue weighted by Crippen LogP contribution is 2.24. The van der Waals surface area contributed by atoms with Gasteiger partial charge in [-0.2, -0.15) is 0 Å². The number of aliphatic hydroxyl groups excluding tert-OH is 1. The van der Waals surface area contributed by atoms with Crippen molar-refractivity contribution in [2.45, 2.75) is 58.7 Å². The SMILES string of the molecule is C[C@H]1CC=C(O[C@H](C)C[C@@H](C)O)CC1. The Morgan fingerprint density at radius 3 is 2.79 bits per heavy atom. The first-order valence-corrected chi connectivity index (χ1v) is 5.61. The molecule has 0 heterocycles. The molecule has 0 bridgehead atoms. The molecule has 2 nitrogen and oxygen atoms in total. The van der Waals surface area contributed by atoms with E-state index in [-0.39, 0.29) is 12.2 Å². The predicted molar refractivity (Wildman–Crippen MR) is 57.9 cm³/mol. The molecule has 1 N–H and O–H groups in total. The summed E-state index contributed by atoms with van der Waals surface area (Å²) in [6.45, 7) is 6.09. The van der Waals surface area contributed by atoms with Crippen LogP contribution in [0, 0.1) is 5.92 Å². The highest BCUT2D eigenvalue weighted by atomic mass is 16.5. The molecule has 0 aliphatic heterocycles. The first-order valence-electron chi connectivity index (χ1n) is 5.61. The van der Waals surface area contributed by atoms with Gasteiger partial charge >= 0.3 is 0 Å². The van der Waals surface area contributed by atoms with Crippen molar-refractivity contribution < 1.29 is 9.84 Å². The Morgan fingerprint density at radius 1 is 1.57 bits per heavy atom. The molecule has 1 rings (SSSR count). The molecular formula is C12H22O2. The molecular weight excluding hydrogens is 176 g/mol. The monoisotopic (exact) mass is 198 g/mol. The number of ether oxygens (including phenoxy) is 1. The maximum Gasteiger partial charge on any atom is 0.0978 e. The van der Waals surface area contributed by atoms with Crippen molar-refractivity contribution in [3.63, 3.8) is 0 Å². The van der Waals surface area contributed by atoms with Crippen LogP contribution in [-0.2, 0) is 4.74 Å². The van der Waals surface area contributed by atoms with E-state index in [2.05, 4.69) is 13.0 Å². The summed E-state index contributed by atoms with van der Waals surface area (Å²) in [4.78, 5) is 0. The average Bonchev–Trinajstić information content (AvgIpc) is 2.07. The van der Waals surface area contributed by atoms with Gasteiger partial charge in [-0.25, -0.2) is 0 Å². The third-order valence-electron chi connectivity index (χ3n) is 2.66. The van der Waals surface area contributed by atoms with E-state index in [0.29, 0.717) is 6.42 Å². The summed E-state index contributed by atoms with van der Waals surface area (Å²) in [7, 11) is 0. The highest BCUT2D eigenvalue weighted by Gasteiger charge is 2.14. The molecule has 0 saturated carbocycles. The van der Waals surface area contributed by atoms with E-state index in [4.69, 9.17) is 4.74 Å². The van der Waals surface area contributed by atoms with Crippen molar-refractivity contribution in [3.8, 4) is 0 Å². The first kappa shape index (κ1) is 11.6. The summed E-state index contributed by atoms with van der Waals surface area (Å²) >= 11 is 0. The van der Waals surface area contributed by atoms with Crippen molar-refractivity contribution in [2.24, 2.45) is 5.92 Å². The summed E-state index contributed by atoms with van der Waals surface area (Å²) in [5.41, 5.74) is 0. The normalized spacial score (nSPS) is 26.6. The van der Waals surface area contributed by atoms with Crippen LogP contribution < -0.4 is 0 Å². The lowest BCUT2D eigenvalue weighted by Crippen LogP contribution is -2.16. The average molecular weight is 198 g/mol. The zero-order chi connectivity index (χ0) is 10.6. The van der Waals surface area contributed by atoms with E-state index < -0.39 is 0 Å². The second kappa shape index (κ2) is 5.40. The fourth-order valence-corrected chi connectivity index (χ4v) is 1.84. The lowest BCUT2D eigenvalue weighted by atomic mass is 9.95. The van der Waals surface area contributed by atoms with Crippen LogP contribution in [0.15, 0.2) is 11.8 Å². The van der Waals surface area contributed by atoms with Gasteiger partial charge in [-0.05, 0) is 38.7 Å². The van der Waals surface area contributed by atoms with E-state index in [0.717, 1.165) is 24.5 Å². The van der Waals surface area contributed by atoms with E-state index >= 15 is 0 Å². The van der Waals surface area contributed by atoms with Gasteiger partial charge in [0.1, 0.15) is 0 Å². The maximum atomic E-state index is 9.19. The van der Waals surface area contributed by atoms with E-state index in [1.165, 1.54) is 6.42 Å². The van der Waals surface area contributed by atoms with Crippen molar-refractivity contribution >= 4 is 0 Å². The molecule has 0 saturated heterocycles. The molecule has 1 aliphatic carbocycles.